The maximum atomic E-state index is 12.1. The molecule has 1 unspecified atom stereocenters. The largest absolute Gasteiger partial charge is 0.480 e. The second-order valence-electron chi connectivity index (χ2n) is 4.52. The molecule has 5 heteroatoms. The quantitative estimate of drug-likeness (QED) is 0.925. The van der Waals surface area contributed by atoms with Crippen LogP contribution in [0.15, 0.2) is 28.7 Å². The second kappa shape index (κ2) is 5.71. The van der Waals surface area contributed by atoms with Crippen LogP contribution in [-0.4, -0.2) is 36.0 Å². The van der Waals surface area contributed by atoms with Gasteiger partial charge in [-0.05, 0) is 41.4 Å². The minimum absolute atomic E-state index is 0.00120. The van der Waals surface area contributed by atoms with E-state index in [0.29, 0.717) is 12.3 Å². The van der Waals surface area contributed by atoms with Crippen LogP contribution in [0.2, 0.25) is 0 Å². The van der Waals surface area contributed by atoms with Crippen LogP contribution >= 0.6 is 15.9 Å². The van der Waals surface area contributed by atoms with E-state index in [1.807, 2.05) is 24.3 Å². The Balaban J connectivity index is 1.98. The summed E-state index contributed by atoms with van der Waals surface area (Å²) in [4.78, 5) is 13.9. The summed E-state index contributed by atoms with van der Waals surface area (Å²) >= 11 is 3.40. The Kier molecular flexibility index (Phi) is 4.24. The second-order valence-corrected chi connectivity index (χ2v) is 5.38. The number of carbonyl (C=O) groups is 1. The van der Waals surface area contributed by atoms with Crippen LogP contribution < -0.4 is 10.5 Å². The number of carbonyl (C=O) groups excluding carboxylic acids is 1. The van der Waals surface area contributed by atoms with E-state index < -0.39 is 6.10 Å². The average molecular weight is 313 g/mol. The molecular weight excluding hydrogens is 296 g/mol. The van der Waals surface area contributed by atoms with Gasteiger partial charge in [0.05, 0.1) is 4.47 Å². The van der Waals surface area contributed by atoms with Crippen molar-refractivity contribution in [3.8, 4) is 5.75 Å². The van der Waals surface area contributed by atoms with Crippen LogP contribution in [0.5, 0.6) is 5.75 Å². The smallest absolute Gasteiger partial charge is 0.263 e. The molecule has 1 aromatic rings. The molecule has 4 nitrogen and oxygen atoms in total. The number of nitrogens with two attached hydrogens (primary N) is 1. The first-order valence-corrected chi connectivity index (χ1v) is 6.83. The molecule has 0 spiro atoms. The fraction of sp³-hybridized carbons (Fsp3) is 0.462. The van der Waals surface area contributed by atoms with Gasteiger partial charge in [-0.1, -0.05) is 12.1 Å². The summed E-state index contributed by atoms with van der Waals surface area (Å²) < 4.78 is 6.53. The highest BCUT2D eigenvalue weighted by atomic mass is 79.9. The number of ether oxygens (including phenoxy) is 1. The normalized spacial score (nSPS) is 20.8. The third-order valence-corrected chi connectivity index (χ3v) is 3.68. The fourth-order valence-corrected chi connectivity index (χ4v) is 2.40. The summed E-state index contributed by atoms with van der Waals surface area (Å²) in [6.07, 6.45) is 0.377. The third-order valence-electron chi connectivity index (χ3n) is 3.02. The molecule has 1 aliphatic heterocycles. The van der Waals surface area contributed by atoms with Crippen molar-refractivity contribution in [2.45, 2.75) is 25.5 Å². The summed E-state index contributed by atoms with van der Waals surface area (Å²) in [6, 6.07) is 7.61. The van der Waals surface area contributed by atoms with Crippen molar-refractivity contribution in [3.63, 3.8) is 0 Å². The number of halogens is 1. The summed E-state index contributed by atoms with van der Waals surface area (Å²) in [5, 5.41) is 0. The molecule has 98 valence electrons. The molecule has 1 saturated heterocycles. The molecule has 18 heavy (non-hydrogen) atoms. The highest BCUT2D eigenvalue weighted by Gasteiger charge is 2.28. The maximum absolute atomic E-state index is 12.1. The van der Waals surface area contributed by atoms with E-state index in [9.17, 15) is 4.79 Å². The first-order chi connectivity index (χ1) is 8.58. The van der Waals surface area contributed by atoms with E-state index >= 15 is 0 Å². The molecule has 0 aromatic heterocycles. The van der Waals surface area contributed by atoms with E-state index in [4.69, 9.17) is 10.5 Å². The van der Waals surface area contributed by atoms with Gasteiger partial charge in [-0.15, -0.1) is 0 Å². The zero-order valence-corrected chi connectivity index (χ0v) is 11.9. The number of para-hydroxylation sites is 1. The Morgan fingerprint density at radius 1 is 1.56 bits per heavy atom. The maximum Gasteiger partial charge on any atom is 0.263 e. The zero-order valence-electron chi connectivity index (χ0n) is 10.3. The van der Waals surface area contributed by atoms with Gasteiger partial charge in [-0.2, -0.15) is 0 Å². The Morgan fingerprint density at radius 2 is 2.28 bits per heavy atom. The number of hydrogen-bond donors (Lipinski definition) is 1. The van der Waals surface area contributed by atoms with Gasteiger partial charge in [0.1, 0.15) is 5.75 Å². The van der Waals surface area contributed by atoms with Crippen molar-refractivity contribution in [3.05, 3.63) is 28.7 Å². The van der Waals surface area contributed by atoms with Crippen LogP contribution in [0, 0.1) is 0 Å². The van der Waals surface area contributed by atoms with E-state index in [-0.39, 0.29) is 11.9 Å². The minimum atomic E-state index is -0.492. The molecule has 0 saturated carbocycles. The standard InChI is InChI=1S/C13H17BrN2O2/c1-9(13(17)16-7-6-10(15)8-16)18-12-5-3-2-4-11(12)14/h2-5,9-10H,6-8,15H2,1H3/t9?,10-/m1/s1. The Labute approximate surface area is 115 Å². The molecule has 2 N–H and O–H groups in total. The number of rotatable bonds is 3. The van der Waals surface area contributed by atoms with Crippen molar-refractivity contribution in [1.29, 1.82) is 0 Å². The molecule has 1 aliphatic rings. The lowest BCUT2D eigenvalue weighted by Crippen LogP contribution is -2.40. The number of nitrogens with zero attached hydrogens (tertiary/aromatic N) is 1. The number of likely N-dealkylation sites (tertiary alicyclic amines) is 1. The SMILES string of the molecule is CC(Oc1ccccc1Br)C(=O)N1CC[C@@H](N)C1. The third kappa shape index (κ3) is 3.03. The molecule has 2 atom stereocenters. The molecule has 1 heterocycles. The predicted octanol–water partition coefficient (Wildman–Crippen LogP) is 1.78. The lowest BCUT2D eigenvalue weighted by molar-refractivity contribution is -0.136. The van der Waals surface area contributed by atoms with Crippen molar-refractivity contribution in [2.24, 2.45) is 5.73 Å². The van der Waals surface area contributed by atoms with Gasteiger partial charge in [0.25, 0.3) is 5.91 Å². The summed E-state index contributed by atoms with van der Waals surface area (Å²) in [5.41, 5.74) is 5.80. The summed E-state index contributed by atoms with van der Waals surface area (Å²) in [5.74, 6) is 0.681. The van der Waals surface area contributed by atoms with Crippen LogP contribution in [0.3, 0.4) is 0 Å². The predicted molar refractivity (Wildman–Crippen MR) is 73.4 cm³/mol. The topological polar surface area (TPSA) is 55.6 Å². The van der Waals surface area contributed by atoms with E-state index in [0.717, 1.165) is 17.4 Å². The molecule has 1 fully saturated rings. The van der Waals surface area contributed by atoms with Gasteiger partial charge in [0, 0.05) is 19.1 Å². The Morgan fingerprint density at radius 3 is 2.89 bits per heavy atom. The van der Waals surface area contributed by atoms with Crippen molar-refractivity contribution >= 4 is 21.8 Å². The molecule has 2 rings (SSSR count). The van der Waals surface area contributed by atoms with Gasteiger partial charge < -0.3 is 15.4 Å². The zero-order chi connectivity index (χ0) is 13.1. The first-order valence-electron chi connectivity index (χ1n) is 6.03. The first kappa shape index (κ1) is 13.4. The van der Waals surface area contributed by atoms with Gasteiger partial charge in [-0.3, -0.25) is 4.79 Å². The van der Waals surface area contributed by atoms with Gasteiger partial charge in [0.2, 0.25) is 0 Å². The molecule has 0 radical (unpaired) electrons. The summed E-state index contributed by atoms with van der Waals surface area (Å²) in [7, 11) is 0. The number of hydrogen-bond acceptors (Lipinski definition) is 3. The van der Waals surface area contributed by atoms with Crippen molar-refractivity contribution in [2.75, 3.05) is 13.1 Å². The lowest BCUT2D eigenvalue weighted by Gasteiger charge is -2.21. The fourth-order valence-electron chi connectivity index (χ4n) is 2.03. The Hall–Kier alpha value is -1.07. The molecule has 0 aliphatic carbocycles. The molecule has 1 aromatic carbocycles. The van der Waals surface area contributed by atoms with Gasteiger partial charge in [-0.25, -0.2) is 0 Å². The molecule has 1 amide bonds. The van der Waals surface area contributed by atoms with Crippen LogP contribution in [0.25, 0.3) is 0 Å². The lowest BCUT2D eigenvalue weighted by atomic mass is 10.3. The average Bonchev–Trinajstić information content (AvgIpc) is 2.78. The van der Waals surface area contributed by atoms with Crippen molar-refractivity contribution in [1.82, 2.24) is 4.90 Å². The van der Waals surface area contributed by atoms with Gasteiger partial charge in [0.15, 0.2) is 6.10 Å². The summed E-state index contributed by atoms with van der Waals surface area (Å²) in [6.45, 7) is 3.12. The number of benzene rings is 1. The van der Waals surface area contributed by atoms with Gasteiger partial charge >= 0.3 is 0 Å². The number of amides is 1. The van der Waals surface area contributed by atoms with E-state index in [1.165, 1.54) is 0 Å². The van der Waals surface area contributed by atoms with E-state index in [2.05, 4.69) is 15.9 Å². The minimum Gasteiger partial charge on any atom is -0.480 e. The van der Waals surface area contributed by atoms with Crippen LogP contribution in [-0.2, 0) is 4.79 Å². The van der Waals surface area contributed by atoms with Crippen LogP contribution in [0.4, 0.5) is 0 Å². The van der Waals surface area contributed by atoms with Crippen molar-refractivity contribution < 1.29 is 9.53 Å². The van der Waals surface area contributed by atoms with Crippen LogP contribution in [0.1, 0.15) is 13.3 Å². The highest BCUT2D eigenvalue weighted by molar-refractivity contribution is 9.10. The molecule has 0 bridgehead atoms. The Bertz CT molecular complexity index is 439. The highest BCUT2D eigenvalue weighted by Crippen LogP contribution is 2.25. The molecular formula is C13H17BrN2O2. The van der Waals surface area contributed by atoms with E-state index in [1.54, 1.807) is 11.8 Å². The monoisotopic (exact) mass is 312 g/mol.